The van der Waals surface area contributed by atoms with E-state index in [1.165, 1.54) is 5.56 Å². The molecule has 0 bridgehead atoms. The van der Waals surface area contributed by atoms with Crippen molar-refractivity contribution in [3.8, 4) is 17.6 Å². The van der Waals surface area contributed by atoms with Gasteiger partial charge in [-0.15, -0.1) is 0 Å². The lowest BCUT2D eigenvalue weighted by molar-refractivity contribution is 0.302. The van der Waals surface area contributed by atoms with Gasteiger partial charge in [0, 0.05) is 6.07 Å². The van der Waals surface area contributed by atoms with Crippen LogP contribution in [0.1, 0.15) is 16.7 Å². The number of nitrogens with zero attached hydrogens (tertiary/aromatic N) is 1. The molecule has 19 heavy (non-hydrogen) atoms. The maximum Gasteiger partial charge on any atom is 0.141 e. The molecule has 0 heterocycles. The molecule has 0 saturated heterocycles. The van der Waals surface area contributed by atoms with Gasteiger partial charge in [-0.2, -0.15) is 5.26 Å². The van der Waals surface area contributed by atoms with Crippen LogP contribution in [0.5, 0.6) is 11.5 Å². The smallest absolute Gasteiger partial charge is 0.141 e. The molecule has 2 aromatic carbocycles. The molecule has 0 spiro atoms. The summed E-state index contributed by atoms with van der Waals surface area (Å²) in [5.41, 5.74) is 2.77. The molecule has 0 aliphatic carbocycles. The largest absolute Gasteiger partial charge is 0.497 e. The van der Waals surface area contributed by atoms with E-state index in [2.05, 4.69) is 12.1 Å². The highest BCUT2D eigenvalue weighted by Crippen LogP contribution is 2.25. The molecule has 0 N–H and O–H groups in total. The van der Waals surface area contributed by atoms with Crippen LogP contribution in [-0.4, -0.2) is 7.11 Å². The summed E-state index contributed by atoms with van der Waals surface area (Å²) >= 11 is 0. The number of aryl methyl sites for hydroxylation is 1. The third-order valence-corrected chi connectivity index (χ3v) is 2.79. The van der Waals surface area contributed by atoms with E-state index in [0.717, 1.165) is 5.56 Å². The van der Waals surface area contributed by atoms with E-state index in [1.807, 2.05) is 25.1 Å². The molecule has 0 radical (unpaired) electrons. The summed E-state index contributed by atoms with van der Waals surface area (Å²) in [5.74, 6) is 1.22. The van der Waals surface area contributed by atoms with Crippen LogP contribution in [0, 0.1) is 18.3 Å². The molecule has 0 aromatic heterocycles. The topological polar surface area (TPSA) is 42.2 Å². The summed E-state index contributed by atoms with van der Waals surface area (Å²) in [5, 5.41) is 9.05. The summed E-state index contributed by atoms with van der Waals surface area (Å²) in [4.78, 5) is 0. The fourth-order valence-corrected chi connectivity index (χ4v) is 1.80. The predicted molar refractivity (Wildman–Crippen MR) is 73.2 cm³/mol. The first kappa shape index (κ1) is 13.0. The van der Waals surface area contributed by atoms with E-state index < -0.39 is 0 Å². The Morgan fingerprint density at radius 1 is 1.16 bits per heavy atom. The zero-order valence-electron chi connectivity index (χ0n) is 11.0. The Kier molecular flexibility index (Phi) is 4.04. The van der Waals surface area contributed by atoms with Gasteiger partial charge in [0.25, 0.3) is 0 Å². The number of nitriles is 1. The number of rotatable bonds is 4. The molecule has 0 aliphatic heterocycles. The van der Waals surface area contributed by atoms with Gasteiger partial charge in [0.05, 0.1) is 12.7 Å². The van der Waals surface area contributed by atoms with Crippen LogP contribution >= 0.6 is 0 Å². The predicted octanol–water partition coefficient (Wildman–Crippen LogP) is 3.45. The molecule has 2 rings (SSSR count). The van der Waals surface area contributed by atoms with E-state index >= 15 is 0 Å². The Morgan fingerprint density at radius 3 is 2.68 bits per heavy atom. The number of ether oxygens (including phenoxy) is 2. The molecule has 0 aliphatic rings. The normalized spacial score (nSPS) is 9.74. The Hall–Kier alpha value is -2.47. The summed E-state index contributed by atoms with van der Waals surface area (Å²) in [6.45, 7) is 2.47. The first-order valence-corrected chi connectivity index (χ1v) is 5.99. The molecular formula is C16H15NO2. The van der Waals surface area contributed by atoms with Crippen LogP contribution in [0.25, 0.3) is 0 Å². The third kappa shape index (κ3) is 3.26. The summed E-state index contributed by atoms with van der Waals surface area (Å²) in [7, 11) is 1.59. The second-order valence-electron chi connectivity index (χ2n) is 4.25. The first-order valence-electron chi connectivity index (χ1n) is 5.99. The molecule has 0 unspecified atom stereocenters. The average molecular weight is 253 g/mol. The van der Waals surface area contributed by atoms with Gasteiger partial charge in [-0.05, 0) is 24.6 Å². The lowest BCUT2D eigenvalue weighted by Crippen LogP contribution is -1.98. The van der Waals surface area contributed by atoms with Crippen molar-refractivity contribution in [3.63, 3.8) is 0 Å². The molecule has 0 fully saturated rings. The number of hydrogen-bond donors (Lipinski definition) is 0. The molecule has 0 saturated carbocycles. The van der Waals surface area contributed by atoms with E-state index in [-0.39, 0.29) is 0 Å². The summed E-state index contributed by atoms with van der Waals surface area (Å²) in [6.07, 6.45) is 0. The van der Waals surface area contributed by atoms with Crippen LogP contribution < -0.4 is 9.47 Å². The van der Waals surface area contributed by atoms with Gasteiger partial charge in [0.1, 0.15) is 24.2 Å². The van der Waals surface area contributed by atoms with Crippen molar-refractivity contribution in [1.82, 2.24) is 0 Å². The highest BCUT2D eigenvalue weighted by Gasteiger charge is 2.05. The van der Waals surface area contributed by atoms with Crippen molar-refractivity contribution in [2.75, 3.05) is 7.11 Å². The van der Waals surface area contributed by atoms with Crippen LogP contribution in [0.15, 0.2) is 42.5 Å². The Balaban J connectivity index is 2.17. The Morgan fingerprint density at radius 2 is 2.00 bits per heavy atom. The first-order chi connectivity index (χ1) is 9.22. The van der Waals surface area contributed by atoms with Crippen molar-refractivity contribution in [3.05, 3.63) is 59.2 Å². The highest BCUT2D eigenvalue weighted by molar-refractivity contribution is 5.47. The monoisotopic (exact) mass is 253 g/mol. The number of hydrogen-bond acceptors (Lipinski definition) is 3. The Bertz CT molecular complexity index is 614. The van der Waals surface area contributed by atoms with Crippen molar-refractivity contribution in [1.29, 1.82) is 5.26 Å². The molecular weight excluding hydrogens is 238 g/mol. The van der Waals surface area contributed by atoms with Crippen LogP contribution in [0.2, 0.25) is 0 Å². The van der Waals surface area contributed by atoms with Crippen LogP contribution in [-0.2, 0) is 6.61 Å². The van der Waals surface area contributed by atoms with Gasteiger partial charge in [-0.1, -0.05) is 29.8 Å². The zero-order chi connectivity index (χ0) is 13.7. The van der Waals surface area contributed by atoms with Crippen molar-refractivity contribution < 1.29 is 9.47 Å². The average Bonchev–Trinajstić information content (AvgIpc) is 2.45. The highest BCUT2D eigenvalue weighted by atomic mass is 16.5. The lowest BCUT2D eigenvalue weighted by Gasteiger charge is -2.10. The van der Waals surface area contributed by atoms with Gasteiger partial charge >= 0.3 is 0 Å². The van der Waals surface area contributed by atoms with Crippen LogP contribution in [0.3, 0.4) is 0 Å². The minimum absolute atomic E-state index is 0.434. The second kappa shape index (κ2) is 5.92. The number of benzene rings is 2. The SMILES string of the molecule is COc1ccc(C#N)c(OCc2cccc(C)c2)c1. The van der Waals surface area contributed by atoms with E-state index in [0.29, 0.717) is 23.7 Å². The maximum absolute atomic E-state index is 9.05. The summed E-state index contributed by atoms with van der Waals surface area (Å²) < 4.78 is 10.8. The van der Waals surface area contributed by atoms with Gasteiger partial charge in [0.15, 0.2) is 0 Å². The lowest BCUT2D eigenvalue weighted by atomic mass is 10.1. The maximum atomic E-state index is 9.05. The molecule has 96 valence electrons. The van der Waals surface area contributed by atoms with Crippen LogP contribution in [0.4, 0.5) is 0 Å². The molecule has 3 nitrogen and oxygen atoms in total. The quantitative estimate of drug-likeness (QED) is 0.838. The molecule has 2 aromatic rings. The fraction of sp³-hybridized carbons (Fsp3) is 0.188. The minimum atomic E-state index is 0.434. The standard InChI is InChI=1S/C16H15NO2/c1-12-4-3-5-13(8-12)11-19-16-9-15(18-2)7-6-14(16)10-17/h3-9H,11H2,1-2H3. The second-order valence-corrected chi connectivity index (χ2v) is 4.25. The molecule has 0 amide bonds. The minimum Gasteiger partial charge on any atom is -0.497 e. The van der Waals surface area contributed by atoms with Gasteiger partial charge in [-0.3, -0.25) is 0 Å². The van der Waals surface area contributed by atoms with Crippen molar-refractivity contribution in [2.24, 2.45) is 0 Å². The van der Waals surface area contributed by atoms with Gasteiger partial charge < -0.3 is 9.47 Å². The van der Waals surface area contributed by atoms with E-state index in [1.54, 1.807) is 25.3 Å². The van der Waals surface area contributed by atoms with Gasteiger partial charge in [0.2, 0.25) is 0 Å². The Labute approximate surface area is 113 Å². The fourth-order valence-electron chi connectivity index (χ4n) is 1.80. The molecule has 3 heteroatoms. The van der Waals surface area contributed by atoms with E-state index in [9.17, 15) is 0 Å². The third-order valence-electron chi connectivity index (χ3n) is 2.79. The number of methoxy groups -OCH3 is 1. The van der Waals surface area contributed by atoms with E-state index in [4.69, 9.17) is 14.7 Å². The zero-order valence-corrected chi connectivity index (χ0v) is 11.0. The summed E-state index contributed by atoms with van der Waals surface area (Å²) in [6, 6.07) is 15.4. The van der Waals surface area contributed by atoms with Gasteiger partial charge in [-0.25, -0.2) is 0 Å². The van der Waals surface area contributed by atoms with Crippen molar-refractivity contribution >= 4 is 0 Å². The molecule has 0 atom stereocenters. The van der Waals surface area contributed by atoms with Crippen molar-refractivity contribution in [2.45, 2.75) is 13.5 Å².